The van der Waals surface area contributed by atoms with Gasteiger partial charge in [0.05, 0.1) is 29.1 Å². The quantitative estimate of drug-likeness (QED) is 0.527. The number of ether oxygens (including phenoxy) is 2. The summed E-state index contributed by atoms with van der Waals surface area (Å²) in [4.78, 5) is 9.13. The molecule has 0 saturated heterocycles. The third kappa shape index (κ3) is 5.58. The maximum atomic E-state index is 5.45. The molecule has 0 aliphatic carbocycles. The Morgan fingerprint density at radius 1 is 1.16 bits per heavy atom. The number of nitrogens with zero attached hydrogens (tertiary/aromatic N) is 2. The SMILES string of the molecule is CCNc1nc(CCOCCOC)nc(CC)c1I. The Hall–Kier alpha value is -0.470. The highest BCUT2D eigenvalue weighted by Gasteiger charge is 2.10. The summed E-state index contributed by atoms with van der Waals surface area (Å²) in [5.41, 5.74) is 1.10. The second kappa shape index (κ2) is 9.44. The lowest BCUT2D eigenvalue weighted by atomic mass is 10.3. The summed E-state index contributed by atoms with van der Waals surface area (Å²) in [7, 11) is 1.67. The van der Waals surface area contributed by atoms with Gasteiger partial charge < -0.3 is 14.8 Å². The summed E-state index contributed by atoms with van der Waals surface area (Å²) in [6.07, 6.45) is 1.64. The molecule has 0 fully saturated rings. The van der Waals surface area contributed by atoms with Crippen LogP contribution in [0.25, 0.3) is 0 Å². The fraction of sp³-hybridized carbons (Fsp3) is 0.692. The fourth-order valence-electron chi connectivity index (χ4n) is 1.58. The van der Waals surface area contributed by atoms with Crippen LogP contribution < -0.4 is 5.32 Å². The van der Waals surface area contributed by atoms with Crippen LogP contribution in [0.3, 0.4) is 0 Å². The van der Waals surface area contributed by atoms with Gasteiger partial charge in [0, 0.05) is 20.1 Å². The third-order valence-electron chi connectivity index (χ3n) is 2.55. The van der Waals surface area contributed by atoms with Crippen LogP contribution in [0, 0.1) is 3.57 Å². The number of anilines is 1. The van der Waals surface area contributed by atoms with E-state index in [9.17, 15) is 0 Å². The molecule has 0 amide bonds. The second-order valence-corrected chi connectivity index (χ2v) is 5.07. The van der Waals surface area contributed by atoms with Crippen LogP contribution in [0.5, 0.6) is 0 Å². The molecule has 0 radical (unpaired) electrons. The molecule has 0 aliphatic rings. The highest BCUT2D eigenvalue weighted by atomic mass is 127. The predicted octanol–water partition coefficient (Wildman–Crippen LogP) is 2.28. The zero-order valence-electron chi connectivity index (χ0n) is 11.8. The minimum absolute atomic E-state index is 0.613. The van der Waals surface area contributed by atoms with E-state index in [2.05, 4.69) is 51.7 Å². The molecule has 0 unspecified atom stereocenters. The summed E-state index contributed by atoms with van der Waals surface area (Å²) >= 11 is 2.30. The van der Waals surface area contributed by atoms with Gasteiger partial charge in [0.15, 0.2) is 0 Å². The van der Waals surface area contributed by atoms with Crippen LogP contribution in [-0.2, 0) is 22.3 Å². The van der Waals surface area contributed by atoms with Gasteiger partial charge in [-0.25, -0.2) is 9.97 Å². The summed E-state index contributed by atoms with van der Waals surface area (Å²) in [6.45, 7) is 6.90. The van der Waals surface area contributed by atoms with E-state index in [4.69, 9.17) is 9.47 Å². The molecular formula is C13H22IN3O2. The zero-order valence-corrected chi connectivity index (χ0v) is 14.0. The molecule has 6 heteroatoms. The number of aromatic nitrogens is 2. The van der Waals surface area contributed by atoms with Crippen LogP contribution in [0.2, 0.25) is 0 Å². The molecule has 19 heavy (non-hydrogen) atoms. The van der Waals surface area contributed by atoms with E-state index >= 15 is 0 Å². The highest BCUT2D eigenvalue weighted by Crippen LogP contribution is 2.19. The number of rotatable bonds is 9. The molecule has 1 rings (SSSR count). The first-order valence-electron chi connectivity index (χ1n) is 6.58. The molecule has 1 heterocycles. The van der Waals surface area contributed by atoms with Gasteiger partial charge in [-0.15, -0.1) is 0 Å². The number of halogens is 1. The average Bonchev–Trinajstić information content (AvgIpc) is 2.42. The number of hydrogen-bond donors (Lipinski definition) is 1. The Morgan fingerprint density at radius 2 is 1.95 bits per heavy atom. The van der Waals surface area contributed by atoms with Gasteiger partial charge in [0.2, 0.25) is 0 Å². The first-order valence-corrected chi connectivity index (χ1v) is 7.66. The maximum Gasteiger partial charge on any atom is 0.143 e. The lowest BCUT2D eigenvalue weighted by molar-refractivity contribution is 0.0716. The minimum Gasteiger partial charge on any atom is -0.382 e. The van der Waals surface area contributed by atoms with Crippen LogP contribution in [0.4, 0.5) is 5.82 Å². The van der Waals surface area contributed by atoms with Crippen molar-refractivity contribution in [2.75, 3.05) is 38.8 Å². The Kier molecular flexibility index (Phi) is 8.24. The first-order chi connectivity index (χ1) is 9.22. The summed E-state index contributed by atoms with van der Waals surface area (Å²) in [6, 6.07) is 0. The molecule has 0 aromatic carbocycles. The minimum atomic E-state index is 0.613. The van der Waals surface area contributed by atoms with Crippen LogP contribution in [0.1, 0.15) is 25.4 Å². The molecule has 108 valence electrons. The Bertz CT molecular complexity index is 388. The van der Waals surface area contributed by atoms with Gasteiger partial charge in [-0.3, -0.25) is 0 Å². The standard InChI is InChI=1S/C13H22IN3O2/c1-4-10-12(14)13(15-5-2)17-11(16-10)6-7-19-9-8-18-3/h4-9H2,1-3H3,(H,15,16,17). The monoisotopic (exact) mass is 379 g/mol. The van der Waals surface area contributed by atoms with Crippen LogP contribution in [0.15, 0.2) is 0 Å². The van der Waals surface area contributed by atoms with Crippen molar-refractivity contribution in [2.45, 2.75) is 26.7 Å². The van der Waals surface area contributed by atoms with Gasteiger partial charge >= 0.3 is 0 Å². The van der Waals surface area contributed by atoms with E-state index in [1.54, 1.807) is 7.11 Å². The van der Waals surface area contributed by atoms with E-state index in [-0.39, 0.29) is 0 Å². The molecule has 5 nitrogen and oxygen atoms in total. The van der Waals surface area contributed by atoms with Crippen molar-refractivity contribution in [1.82, 2.24) is 9.97 Å². The molecule has 0 atom stereocenters. The normalized spacial score (nSPS) is 10.7. The van der Waals surface area contributed by atoms with Crippen molar-refractivity contribution >= 4 is 28.4 Å². The largest absolute Gasteiger partial charge is 0.382 e. The third-order valence-corrected chi connectivity index (χ3v) is 3.68. The van der Waals surface area contributed by atoms with Crippen LogP contribution >= 0.6 is 22.6 Å². The highest BCUT2D eigenvalue weighted by molar-refractivity contribution is 14.1. The molecule has 0 bridgehead atoms. The van der Waals surface area contributed by atoms with Crippen LogP contribution in [-0.4, -0.2) is 43.4 Å². The molecule has 1 aromatic rings. The Labute approximate surface area is 128 Å². The van der Waals surface area contributed by atoms with E-state index in [1.807, 2.05) is 0 Å². The average molecular weight is 379 g/mol. The van der Waals surface area contributed by atoms with Crippen molar-refractivity contribution in [3.8, 4) is 0 Å². The number of aryl methyl sites for hydroxylation is 1. The Balaban J connectivity index is 2.64. The summed E-state index contributed by atoms with van der Waals surface area (Å²) in [5, 5.41) is 3.28. The topological polar surface area (TPSA) is 56.3 Å². The lowest BCUT2D eigenvalue weighted by Gasteiger charge is -2.11. The molecule has 1 N–H and O–H groups in total. The van der Waals surface area contributed by atoms with Gasteiger partial charge in [0.1, 0.15) is 11.6 Å². The predicted molar refractivity (Wildman–Crippen MR) is 84.7 cm³/mol. The smallest absolute Gasteiger partial charge is 0.143 e. The van der Waals surface area contributed by atoms with Gasteiger partial charge in [-0.1, -0.05) is 6.92 Å². The second-order valence-electron chi connectivity index (χ2n) is 3.99. The summed E-state index contributed by atoms with van der Waals surface area (Å²) in [5.74, 6) is 1.77. The fourth-order valence-corrected chi connectivity index (χ4v) is 2.40. The van der Waals surface area contributed by atoms with Crippen molar-refractivity contribution < 1.29 is 9.47 Å². The van der Waals surface area contributed by atoms with Crippen molar-refractivity contribution in [3.63, 3.8) is 0 Å². The molecule has 1 aromatic heterocycles. The van der Waals surface area contributed by atoms with Crippen molar-refractivity contribution in [2.24, 2.45) is 0 Å². The van der Waals surface area contributed by atoms with E-state index in [0.29, 0.717) is 19.8 Å². The number of methoxy groups -OCH3 is 1. The lowest BCUT2D eigenvalue weighted by Crippen LogP contribution is -2.12. The van der Waals surface area contributed by atoms with Gasteiger partial charge in [-0.2, -0.15) is 0 Å². The molecule has 0 spiro atoms. The Morgan fingerprint density at radius 3 is 2.58 bits per heavy atom. The zero-order chi connectivity index (χ0) is 14.1. The molecular weight excluding hydrogens is 357 g/mol. The van der Waals surface area contributed by atoms with E-state index in [1.165, 1.54) is 0 Å². The van der Waals surface area contributed by atoms with Gasteiger partial charge in [0.25, 0.3) is 0 Å². The van der Waals surface area contributed by atoms with E-state index < -0.39 is 0 Å². The molecule has 0 saturated carbocycles. The maximum absolute atomic E-state index is 5.45. The van der Waals surface area contributed by atoms with Gasteiger partial charge in [-0.05, 0) is 35.9 Å². The van der Waals surface area contributed by atoms with E-state index in [0.717, 1.165) is 40.3 Å². The summed E-state index contributed by atoms with van der Waals surface area (Å²) < 4.78 is 11.5. The number of hydrogen-bond acceptors (Lipinski definition) is 5. The van der Waals surface area contributed by atoms with Crippen molar-refractivity contribution in [3.05, 3.63) is 15.1 Å². The van der Waals surface area contributed by atoms with Crippen molar-refractivity contribution in [1.29, 1.82) is 0 Å². The number of nitrogens with one attached hydrogen (secondary N) is 1. The first kappa shape index (κ1) is 16.6. The molecule has 0 aliphatic heterocycles.